The Balaban J connectivity index is 1.63. The van der Waals surface area contributed by atoms with Crippen LogP contribution in [-0.2, 0) is 9.53 Å². The number of halogens is 2. The molecule has 5 rings (SSSR count). The number of carbonyl (C=O) groups excluding carboxylic acids is 1. The molecule has 4 N–H and O–H groups in total. The van der Waals surface area contributed by atoms with Gasteiger partial charge in [0, 0.05) is 24.9 Å². The lowest BCUT2D eigenvalue weighted by Gasteiger charge is -2.46. The summed E-state index contributed by atoms with van der Waals surface area (Å²) in [4.78, 5) is 25.8. The van der Waals surface area contributed by atoms with Gasteiger partial charge in [-0.15, -0.1) is 0 Å². The van der Waals surface area contributed by atoms with Gasteiger partial charge in [0.15, 0.2) is 17.3 Å². The van der Waals surface area contributed by atoms with Crippen molar-refractivity contribution in [3.63, 3.8) is 0 Å². The number of carboxylic acids is 1. The molecule has 3 aromatic carbocycles. The van der Waals surface area contributed by atoms with E-state index in [-0.39, 0.29) is 17.4 Å². The van der Waals surface area contributed by atoms with Gasteiger partial charge in [-0.1, -0.05) is 49.6 Å². The van der Waals surface area contributed by atoms with Gasteiger partial charge in [0.05, 0.1) is 22.9 Å². The molecule has 7 nitrogen and oxygen atoms in total. The minimum absolute atomic E-state index is 0.0716. The number of anilines is 3. The summed E-state index contributed by atoms with van der Waals surface area (Å²) in [5.74, 6) is -4.16. The maximum atomic E-state index is 14.4. The third-order valence-electron chi connectivity index (χ3n) is 8.12. The quantitative estimate of drug-likeness (QED) is 0.249. The Bertz CT molecular complexity index is 1380. The van der Waals surface area contributed by atoms with Crippen LogP contribution in [0.5, 0.6) is 0 Å². The number of methoxy groups -OCH3 is 1. The first-order valence-electron chi connectivity index (χ1n) is 13.5. The van der Waals surface area contributed by atoms with E-state index in [4.69, 9.17) is 4.74 Å². The van der Waals surface area contributed by atoms with Crippen molar-refractivity contribution in [3.8, 4) is 0 Å². The number of hydrogen-bond donors (Lipinski definition) is 4. The van der Waals surface area contributed by atoms with E-state index < -0.39 is 35.3 Å². The predicted molar refractivity (Wildman–Crippen MR) is 149 cm³/mol. The summed E-state index contributed by atoms with van der Waals surface area (Å²) >= 11 is 0. The van der Waals surface area contributed by atoms with E-state index in [0.717, 1.165) is 49.8 Å². The Morgan fingerprint density at radius 3 is 2.15 bits per heavy atom. The van der Waals surface area contributed by atoms with Gasteiger partial charge in [-0.25, -0.2) is 13.6 Å². The summed E-state index contributed by atoms with van der Waals surface area (Å²) in [5.41, 5.74) is 1.40. The summed E-state index contributed by atoms with van der Waals surface area (Å²) < 4.78 is 34.8. The smallest absolute Gasteiger partial charge is 0.335 e. The Hall–Kier alpha value is -3.98. The van der Waals surface area contributed by atoms with Gasteiger partial charge in [0.1, 0.15) is 6.10 Å². The van der Waals surface area contributed by atoms with Crippen LogP contribution in [0.3, 0.4) is 0 Å². The van der Waals surface area contributed by atoms with Crippen LogP contribution in [0.1, 0.15) is 59.7 Å². The van der Waals surface area contributed by atoms with Crippen LogP contribution in [0, 0.1) is 30.4 Å². The van der Waals surface area contributed by atoms with Crippen LogP contribution in [0.15, 0.2) is 60.7 Å². The summed E-state index contributed by atoms with van der Waals surface area (Å²) in [5, 5.41) is 19.2. The van der Waals surface area contributed by atoms with Crippen molar-refractivity contribution in [3.05, 3.63) is 89.0 Å². The van der Waals surface area contributed by atoms with Gasteiger partial charge in [0.2, 0.25) is 5.91 Å². The Morgan fingerprint density at radius 1 is 0.975 bits per heavy atom. The number of hydrogen-bond acceptors (Lipinski definition) is 5. The molecule has 0 spiro atoms. The van der Waals surface area contributed by atoms with Crippen molar-refractivity contribution in [2.24, 2.45) is 11.8 Å². The number of ether oxygens (including phenoxy) is 1. The average Bonchev–Trinajstić information content (AvgIpc) is 3.29. The monoisotopic (exact) mass is 549 g/mol. The summed E-state index contributed by atoms with van der Waals surface area (Å²) in [6.07, 6.45) is 3.85. The molecule has 1 aliphatic heterocycles. The van der Waals surface area contributed by atoms with Gasteiger partial charge in [-0.2, -0.15) is 0 Å². The average molecular weight is 550 g/mol. The fourth-order valence-corrected chi connectivity index (χ4v) is 6.30. The van der Waals surface area contributed by atoms with Crippen molar-refractivity contribution in [1.82, 2.24) is 0 Å². The van der Waals surface area contributed by atoms with Gasteiger partial charge in [0.25, 0.3) is 0 Å². The Morgan fingerprint density at radius 2 is 1.60 bits per heavy atom. The maximum absolute atomic E-state index is 14.4. The number of amides is 1. The molecule has 9 heteroatoms. The first kappa shape index (κ1) is 27.6. The number of rotatable bonds is 8. The zero-order valence-electron chi connectivity index (χ0n) is 22.5. The molecule has 0 aromatic heterocycles. The van der Waals surface area contributed by atoms with Crippen molar-refractivity contribution >= 4 is 28.9 Å². The van der Waals surface area contributed by atoms with E-state index in [1.165, 1.54) is 12.1 Å². The molecular weight excluding hydrogens is 516 g/mol. The molecular formula is C31H33F2N3O4. The minimum atomic E-state index is -1.29. The number of aryl methyl sites for hydroxylation is 1. The van der Waals surface area contributed by atoms with Crippen LogP contribution in [-0.4, -0.2) is 29.8 Å². The lowest BCUT2D eigenvalue weighted by Crippen LogP contribution is -2.60. The molecule has 2 aliphatic rings. The van der Waals surface area contributed by atoms with Gasteiger partial charge >= 0.3 is 5.97 Å². The molecule has 40 heavy (non-hydrogen) atoms. The van der Waals surface area contributed by atoms with E-state index >= 15 is 0 Å². The van der Waals surface area contributed by atoms with Crippen molar-refractivity contribution in [1.29, 1.82) is 0 Å². The first-order valence-corrected chi connectivity index (χ1v) is 13.5. The molecule has 0 saturated heterocycles. The number of nitrogens with one attached hydrogen (secondary N) is 3. The molecule has 0 radical (unpaired) electrons. The third kappa shape index (κ3) is 5.13. The second-order valence-corrected chi connectivity index (χ2v) is 10.7. The molecule has 0 bridgehead atoms. The zero-order valence-corrected chi connectivity index (χ0v) is 22.5. The molecule has 1 unspecified atom stereocenters. The van der Waals surface area contributed by atoms with Gasteiger partial charge < -0.3 is 25.8 Å². The predicted octanol–water partition coefficient (Wildman–Crippen LogP) is 6.73. The number of carbonyl (C=O) groups is 2. The molecule has 1 amide bonds. The number of aromatic carboxylic acids is 1. The van der Waals surface area contributed by atoms with E-state index in [9.17, 15) is 23.5 Å². The third-order valence-corrected chi connectivity index (χ3v) is 8.12. The number of carboxylic acid groups (broad SMARTS) is 1. The van der Waals surface area contributed by atoms with Gasteiger partial charge in [-0.05, 0) is 55.0 Å². The van der Waals surface area contributed by atoms with Crippen molar-refractivity contribution in [2.75, 3.05) is 23.1 Å². The van der Waals surface area contributed by atoms with Crippen molar-refractivity contribution in [2.45, 2.75) is 50.8 Å². The summed E-state index contributed by atoms with van der Waals surface area (Å²) in [6.45, 7) is 1.74. The Labute approximate surface area is 231 Å². The molecule has 1 aliphatic carbocycles. The highest BCUT2D eigenvalue weighted by molar-refractivity contribution is 5.97. The highest BCUT2D eigenvalue weighted by Crippen LogP contribution is 2.50. The normalized spacial score (nSPS) is 17.7. The second-order valence-electron chi connectivity index (χ2n) is 10.7. The van der Waals surface area contributed by atoms with E-state index in [2.05, 4.69) is 16.0 Å². The molecule has 3 aromatic rings. The van der Waals surface area contributed by atoms with Crippen LogP contribution in [0.25, 0.3) is 0 Å². The standard InChI is InChI=1S/C31H33F2N3O4/c1-18-15-21(30(38)39)13-14-24(18)34-29(37)27(19-9-5-3-6-10-19)31(28(40-2)20-11-7-4-8-12-20)35-25-16-22(32)23(33)17-26(25)36-31/h4,7-8,11-17,19,27-28,35-36H,3,5-6,9-10H2,1-2H3,(H,34,37)(H,38,39)/t27-,28?/m1/s1. The highest BCUT2D eigenvalue weighted by atomic mass is 19.2. The fraction of sp³-hybridized carbons (Fsp3) is 0.355. The number of benzene rings is 3. The fourth-order valence-electron chi connectivity index (χ4n) is 6.30. The molecule has 1 fully saturated rings. The molecule has 1 heterocycles. The lowest BCUT2D eigenvalue weighted by atomic mass is 9.70. The Kier molecular flexibility index (Phi) is 7.76. The SMILES string of the molecule is COC(c1ccccc1)C1([C@@H](C(=O)Nc2ccc(C(=O)O)cc2C)C2CCCCC2)Nc2cc(F)c(F)cc2N1. The van der Waals surface area contributed by atoms with E-state index in [0.29, 0.717) is 22.6 Å². The summed E-state index contributed by atoms with van der Waals surface area (Å²) in [7, 11) is 1.55. The van der Waals surface area contributed by atoms with Crippen molar-refractivity contribution < 1.29 is 28.2 Å². The first-order chi connectivity index (χ1) is 19.2. The van der Waals surface area contributed by atoms with Crippen LogP contribution in [0.4, 0.5) is 25.8 Å². The minimum Gasteiger partial charge on any atom is -0.478 e. The van der Waals surface area contributed by atoms with Crippen LogP contribution in [0.2, 0.25) is 0 Å². The molecule has 210 valence electrons. The molecule has 2 atom stereocenters. The van der Waals surface area contributed by atoms with Crippen LogP contribution >= 0.6 is 0 Å². The summed E-state index contributed by atoms with van der Waals surface area (Å²) in [6, 6.07) is 16.2. The van der Waals surface area contributed by atoms with Crippen LogP contribution < -0.4 is 16.0 Å². The molecule has 1 saturated carbocycles. The highest BCUT2D eigenvalue weighted by Gasteiger charge is 2.56. The topological polar surface area (TPSA) is 99.7 Å². The van der Waals surface area contributed by atoms with E-state index in [1.807, 2.05) is 30.3 Å². The second kappa shape index (κ2) is 11.3. The van der Waals surface area contributed by atoms with E-state index in [1.54, 1.807) is 20.1 Å². The lowest BCUT2D eigenvalue weighted by molar-refractivity contribution is -0.126. The van der Waals surface area contributed by atoms with Gasteiger partial charge in [-0.3, -0.25) is 4.79 Å². The largest absolute Gasteiger partial charge is 0.478 e. The maximum Gasteiger partial charge on any atom is 0.335 e. The number of fused-ring (bicyclic) bond motifs is 1. The zero-order chi connectivity index (χ0) is 28.4.